The largest absolute Gasteiger partial charge is 0.445 e. The van der Waals surface area contributed by atoms with Gasteiger partial charge in [0.2, 0.25) is 0 Å². The third-order valence-electron chi connectivity index (χ3n) is 3.35. The highest BCUT2D eigenvalue weighted by Gasteiger charge is 2.20. The van der Waals surface area contributed by atoms with Crippen LogP contribution in [-0.4, -0.2) is 36.8 Å². The van der Waals surface area contributed by atoms with Gasteiger partial charge < -0.3 is 14.4 Å². The van der Waals surface area contributed by atoms with Crippen LogP contribution in [0.15, 0.2) is 30.3 Å². The molecule has 0 radical (unpaired) electrons. The standard InChI is InChI=1S/C15H21NO3/c1-2-14-8-9-16(10-11-18-14)15(17)19-12-13-6-4-3-5-7-13/h3-7,14H,2,8-12H2,1H3/t14-/m1/s1. The van der Waals surface area contributed by atoms with Crippen molar-refractivity contribution >= 4 is 6.09 Å². The lowest BCUT2D eigenvalue weighted by Crippen LogP contribution is -2.33. The number of ether oxygens (including phenoxy) is 2. The Balaban J connectivity index is 1.79. The van der Waals surface area contributed by atoms with Crippen LogP contribution in [0.4, 0.5) is 4.79 Å². The normalized spacial score (nSPS) is 19.8. The van der Waals surface area contributed by atoms with Gasteiger partial charge in [0.15, 0.2) is 0 Å². The molecular formula is C15H21NO3. The van der Waals surface area contributed by atoms with Crippen molar-refractivity contribution in [1.82, 2.24) is 4.90 Å². The summed E-state index contributed by atoms with van der Waals surface area (Å²) in [6.07, 6.45) is 1.90. The Morgan fingerprint density at radius 2 is 2.16 bits per heavy atom. The van der Waals surface area contributed by atoms with Crippen LogP contribution in [0.1, 0.15) is 25.3 Å². The molecule has 1 saturated heterocycles. The summed E-state index contributed by atoms with van der Waals surface area (Å²) in [5.74, 6) is 0. The summed E-state index contributed by atoms with van der Waals surface area (Å²) in [6, 6.07) is 9.73. The zero-order valence-corrected chi connectivity index (χ0v) is 11.4. The molecule has 1 amide bonds. The smallest absolute Gasteiger partial charge is 0.410 e. The Morgan fingerprint density at radius 3 is 2.89 bits per heavy atom. The van der Waals surface area contributed by atoms with Crippen LogP contribution in [0.3, 0.4) is 0 Å². The number of carbonyl (C=O) groups is 1. The second-order valence-electron chi connectivity index (χ2n) is 4.72. The molecule has 0 aliphatic carbocycles. The van der Waals surface area contributed by atoms with Crippen molar-refractivity contribution in [2.75, 3.05) is 19.7 Å². The molecule has 0 saturated carbocycles. The number of hydrogen-bond acceptors (Lipinski definition) is 3. The van der Waals surface area contributed by atoms with Crippen LogP contribution in [0.2, 0.25) is 0 Å². The molecule has 1 aromatic rings. The Hall–Kier alpha value is -1.55. The maximum atomic E-state index is 12.0. The molecule has 1 aliphatic heterocycles. The minimum Gasteiger partial charge on any atom is -0.445 e. The molecule has 0 aromatic heterocycles. The first-order chi connectivity index (χ1) is 9.29. The van der Waals surface area contributed by atoms with Gasteiger partial charge in [-0.1, -0.05) is 37.3 Å². The summed E-state index contributed by atoms with van der Waals surface area (Å²) in [5, 5.41) is 0. The van der Waals surface area contributed by atoms with E-state index in [1.807, 2.05) is 30.3 Å². The van der Waals surface area contributed by atoms with Gasteiger partial charge in [0, 0.05) is 13.1 Å². The molecule has 0 unspecified atom stereocenters. The van der Waals surface area contributed by atoms with Gasteiger partial charge in [-0.25, -0.2) is 4.79 Å². The highest BCUT2D eigenvalue weighted by molar-refractivity contribution is 5.67. The molecule has 1 aliphatic rings. The lowest BCUT2D eigenvalue weighted by atomic mass is 10.2. The summed E-state index contributed by atoms with van der Waals surface area (Å²) in [4.78, 5) is 13.7. The fraction of sp³-hybridized carbons (Fsp3) is 0.533. The quantitative estimate of drug-likeness (QED) is 0.841. The Morgan fingerprint density at radius 1 is 1.37 bits per heavy atom. The molecule has 1 heterocycles. The lowest BCUT2D eigenvalue weighted by Gasteiger charge is -2.19. The molecule has 4 nitrogen and oxygen atoms in total. The van der Waals surface area contributed by atoms with E-state index >= 15 is 0 Å². The van der Waals surface area contributed by atoms with Crippen LogP contribution in [0.25, 0.3) is 0 Å². The van der Waals surface area contributed by atoms with Crippen molar-refractivity contribution in [2.45, 2.75) is 32.5 Å². The van der Waals surface area contributed by atoms with Gasteiger partial charge in [-0.05, 0) is 18.4 Å². The zero-order valence-electron chi connectivity index (χ0n) is 11.4. The van der Waals surface area contributed by atoms with Gasteiger partial charge in [0.25, 0.3) is 0 Å². The molecule has 1 aromatic carbocycles. The monoisotopic (exact) mass is 263 g/mol. The number of rotatable bonds is 3. The Bertz CT molecular complexity index is 394. The number of carbonyl (C=O) groups excluding carboxylic acids is 1. The second-order valence-corrected chi connectivity index (χ2v) is 4.72. The van der Waals surface area contributed by atoms with Crippen LogP contribution in [0, 0.1) is 0 Å². The third-order valence-corrected chi connectivity index (χ3v) is 3.35. The van der Waals surface area contributed by atoms with Crippen molar-refractivity contribution < 1.29 is 14.3 Å². The van der Waals surface area contributed by atoms with Crippen LogP contribution in [-0.2, 0) is 16.1 Å². The number of amides is 1. The molecule has 0 spiro atoms. The third kappa shape index (κ3) is 4.24. The number of nitrogens with zero attached hydrogens (tertiary/aromatic N) is 1. The highest BCUT2D eigenvalue weighted by atomic mass is 16.6. The molecule has 4 heteroatoms. The molecule has 19 heavy (non-hydrogen) atoms. The summed E-state index contributed by atoms with van der Waals surface area (Å²) in [7, 11) is 0. The number of benzene rings is 1. The van der Waals surface area contributed by atoms with Crippen molar-refractivity contribution in [3.8, 4) is 0 Å². The average molecular weight is 263 g/mol. The van der Waals surface area contributed by atoms with E-state index in [1.165, 1.54) is 0 Å². The molecule has 1 fully saturated rings. The van der Waals surface area contributed by atoms with Gasteiger partial charge in [0.1, 0.15) is 6.61 Å². The van der Waals surface area contributed by atoms with Crippen molar-refractivity contribution in [1.29, 1.82) is 0 Å². The molecule has 0 N–H and O–H groups in total. The van der Waals surface area contributed by atoms with E-state index in [-0.39, 0.29) is 12.2 Å². The Kier molecular flexibility index (Phi) is 5.21. The SMILES string of the molecule is CC[C@@H]1CCN(C(=O)OCc2ccccc2)CCO1. The van der Waals surface area contributed by atoms with Crippen LogP contribution >= 0.6 is 0 Å². The van der Waals surface area contributed by atoms with E-state index in [0.29, 0.717) is 26.3 Å². The predicted octanol–water partition coefficient (Wildman–Crippen LogP) is 2.82. The Labute approximate surface area is 114 Å². The first kappa shape index (κ1) is 13.9. The highest BCUT2D eigenvalue weighted by Crippen LogP contribution is 2.11. The van der Waals surface area contributed by atoms with E-state index in [0.717, 1.165) is 18.4 Å². The minimum atomic E-state index is -0.246. The van der Waals surface area contributed by atoms with Gasteiger partial charge >= 0.3 is 6.09 Å². The van der Waals surface area contributed by atoms with E-state index in [4.69, 9.17) is 9.47 Å². The van der Waals surface area contributed by atoms with E-state index in [2.05, 4.69) is 6.92 Å². The van der Waals surface area contributed by atoms with E-state index in [9.17, 15) is 4.79 Å². The first-order valence-electron chi connectivity index (χ1n) is 6.87. The predicted molar refractivity (Wildman–Crippen MR) is 72.8 cm³/mol. The van der Waals surface area contributed by atoms with Crippen LogP contribution in [0.5, 0.6) is 0 Å². The van der Waals surface area contributed by atoms with Gasteiger partial charge in [-0.2, -0.15) is 0 Å². The zero-order chi connectivity index (χ0) is 13.5. The summed E-state index contributed by atoms with van der Waals surface area (Å²) < 4.78 is 11.0. The van der Waals surface area contributed by atoms with E-state index < -0.39 is 0 Å². The first-order valence-corrected chi connectivity index (χ1v) is 6.87. The van der Waals surface area contributed by atoms with Crippen molar-refractivity contribution in [3.63, 3.8) is 0 Å². The average Bonchev–Trinajstić information content (AvgIpc) is 2.71. The molecule has 104 valence electrons. The maximum Gasteiger partial charge on any atom is 0.410 e. The number of hydrogen-bond donors (Lipinski definition) is 0. The van der Waals surface area contributed by atoms with Gasteiger partial charge in [-0.3, -0.25) is 0 Å². The summed E-state index contributed by atoms with van der Waals surface area (Å²) in [5.41, 5.74) is 1.01. The molecule has 1 atom stereocenters. The van der Waals surface area contributed by atoms with Crippen molar-refractivity contribution in [3.05, 3.63) is 35.9 Å². The summed E-state index contributed by atoms with van der Waals surface area (Å²) >= 11 is 0. The molecule has 0 bridgehead atoms. The van der Waals surface area contributed by atoms with Crippen LogP contribution < -0.4 is 0 Å². The maximum absolute atomic E-state index is 12.0. The topological polar surface area (TPSA) is 38.8 Å². The second kappa shape index (κ2) is 7.14. The minimum absolute atomic E-state index is 0.246. The fourth-order valence-electron chi connectivity index (χ4n) is 2.14. The molecular weight excluding hydrogens is 242 g/mol. The molecule has 2 rings (SSSR count). The fourth-order valence-corrected chi connectivity index (χ4v) is 2.14. The lowest BCUT2D eigenvalue weighted by molar-refractivity contribution is 0.0575. The van der Waals surface area contributed by atoms with Gasteiger partial charge in [-0.15, -0.1) is 0 Å². The van der Waals surface area contributed by atoms with E-state index in [1.54, 1.807) is 4.90 Å². The van der Waals surface area contributed by atoms with Crippen molar-refractivity contribution in [2.24, 2.45) is 0 Å². The van der Waals surface area contributed by atoms with Gasteiger partial charge in [0.05, 0.1) is 12.7 Å². The summed E-state index contributed by atoms with van der Waals surface area (Å²) in [6.45, 7) is 4.36.